The van der Waals surface area contributed by atoms with Crippen LogP contribution in [-0.4, -0.2) is 48.3 Å². The lowest BCUT2D eigenvalue weighted by molar-refractivity contribution is -0.151. The number of unbranched alkanes of at least 4 members (excludes halogenated alkanes) is 2. The molecular weight excluding hydrogens is 412 g/mol. The molecule has 5 heteroatoms. The van der Waals surface area contributed by atoms with Crippen molar-refractivity contribution >= 4 is 5.97 Å². The summed E-state index contributed by atoms with van der Waals surface area (Å²) in [6.07, 6.45) is 12.0. The Morgan fingerprint density at radius 1 is 1.30 bits per heavy atom. The summed E-state index contributed by atoms with van der Waals surface area (Å²) in [4.78, 5) is 14.0. The summed E-state index contributed by atoms with van der Waals surface area (Å²) in [5, 5.41) is 13.2. The van der Waals surface area contributed by atoms with Crippen molar-refractivity contribution in [3.8, 4) is 0 Å². The summed E-state index contributed by atoms with van der Waals surface area (Å²) >= 11 is 0. The number of aryl methyl sites for hydroxylation is 1. The molecule has 0 spiro atoms. The van der Waals surface area contributed by atoms with E-state index in [-0.39, 0.29) is 6.10 Å². The topological polar surface area (TPSA) is 61.8 Å². The average Bonchev–Trinajstić information content (AvgIpc) is 2.78. The number of allylic oxidation sites excluding steroid dienone is 5. The predicted octanol–water partition coefficient (Wildman–Crippen LogP) is 5.41. The van der Waals surface area contributed by atoms with Gasteiger partial charge in [-0.05, 0) is 62.1 Å². The molecule has 2 heterocycles. The third-order valence-corrected chi connectivity index (χ3v) is 6.72. The second-order valence-electron chi connectivity index (χ2n) is 9.22. The molecule has 1 aromatic rings. The minimum absolute atomic E-state index is 0.138. The van der Waals surface area contributed by atoms with E-state index < -0.39 is 12.0 Å². The lowest BCUT2D eigenvalue weighted by atomic mass is 9.95. The van der Waals surface area contributed by atoms with Crippen molar-refractivity contribution in [2.45, 2.75) is 70.9 Å². The van der Waals surface area contributed by atoms with Crippen LogP contribution in [0, 0.1) is 0 Å². The van der Waals surface area contributed by atoms with Crippen molar-refractivity contribution in [1.29, 1.82) is 0 Å². The van der Waals surface area contributed by atoms with Gasteiger partial charge < -0.3 is 15.2 Å². The number of nitrogens with one attached hydrogen (secondary N) is 1. The number of likely N-dealkylation sites (tertiary alicyclic amines) is 1. The SMILES string of the molecule is C=C(/C=C\C1=C(C)NCCC1)CCCCCOC1CN(C(C(=O)O)c2ccccc2CC)C1. The molecular formula is C28H40N2O3. The maximum atomic E-state index is 11.9. The van der Waals surface area contributed by atoms with Crippen LogP contribution in [-0.2, 0) is 16.0 Å². The Morgan fingerprint density at radius 2 is 2.09 bits per heavy atom. The summed E-state index contributed by atoms with van der Waals surface area (Å²) in [5.74, 6) is -0.783. The standard InChI is InChI=1S/C28H40N2O3/c1-4-23-12-7-8-14-26(23)27(28(31)32)30-19-25(20-30)33-18-9-5-6-11-21(2)15-16-24-13-10-17-29-22(24)3/h7-8,12,14-16,25,27,29H,2,4-6,9-11,13,17-20H2,1,3H3,(H,31,32)/b16-15-. The van der Waals surface area contributed by atoms with Crippen LogP contribution in [0.5, 0.6) is 0 Å². The smallest absolute Gasteiger partial charge is 0.325 e. The van der Waals surface area contributed by atoms with Crippen LogP contribution in [0.2, 0.25) is 0 Å². The van der Waals surface area contributed by atoms with Gasteiger partial charge in [0.25, 0.3) is 0 Å². The van der Waals surface area contributed by atoms with Gasteiger partial charge in [-0.2, -0.15) is 0 Å². The minimum atomic E-state index is -0.783. The predicted molar refractivity (Wildman–Crippen MR) is 134 cm³/mol. The van der Waals surface area contributed by atoms with Crippen LogP contribution in [0.1, 0.15) is 69.5 Å². The van der Waals surface area contributed by atoms with E-state index in [0.29, 0.717) is 13.1 Å². The minimum Gasteiger partial charge on any atom is -0.480 e. The Morgan fingerprint density at radius 3 is 2.82 bits per heavy atom. The van der Waals surface area contributed by atoms with Crippen molar-refractivity contribution < 1.29 is 14.6 Å². The van der Waals surface area contributed by atoms with Crippen molar-refractivity contribution in [3.63, 3.8) is 0 Å². The monoisotopic (exact) mass is 452 g/mol. The molecule has 2 N–H and O–H groups in total. The van der Waals surface area contributed by atoms with Crippen LogP contribution in [0.25, 0.3) is 0 Å². The highest BCUT2D eigenvalue weighted by molar-refractivity contribution is 5.76. The van der Waals surface area contributed by atoms with Crippen molar-refractivity contribution in [2.75, 3.05) is 26.2 Å². The first-order chi connectivity index (χ1) is 16.0. The number of carbonyl (C=O) groups is 1. The van der Waals surface area contributed by atoms with E-state index in [9.17, 15) is 9.90 Å². The fraction of sp³-hybridized carbons (Fsp3) is 0.536. The first-order valence-corrected chi connectivity index (χ1v) is 12.4. The van der Waals surface area contributed by atoms with Crippen molar-refractivity contribution in [2.24, 2.45) is 0 Å². The van der Waals surface area contributed by atoms with Crippen LogP contribution < -0.4 is 5.32 Å². The summed E-state index contributed by atoms with van der Waals surface area (Å²) in [6, 6.07) is 7.29. The molecule has 2 aliphatic rings. The first-order valence-electron chi connectivity index (χ1n) is 12.4. The summed E-state index contributed by atoms with van der Waals surface area (Å²) in [7, 11) is 0. The van der Waals surface area contributed by atoms with Crippen LogP contribution in [0.3, 0.4) is 0 Å². The Hall–Kier alpha value is -2.37. The molecule has 1 unspecified atom stereocenters. The number of nitrogens with zero attached hydrogens (tertiary/aromatic N) is 1. The maximum absolute atomic E-state index is 11.9. The molecule has 3 rings (SSSR count). The fourth-order valence-electron chi connectivity index (χ4n) is 4.64. The molecule has 0 aliphatic carbocycles. The Kier molecular flexibility index (Phi) is 9.76. The van der Waals surface area contributed by atoms with E-state index in [0.717, 1.165) is 62.8 Å². The van der Waals surface area contributed by atoms with Gasteiger partial charge in [0, 0.05) is 31.9 Å². The summed E-state index contributed by atoms with van der Waals surface area (Å²) in [6.45, 7) is 11.6. The number of hydrogen-bond acceptors (Lipinski definition) is 4. The maximum Gasteiger partial charge on any atom is 0.325 e. The van der Waals surface area contributed by atoms with E-state index in [1.165, 1.54) is 23.3 Å². The van der Waals surface area contributed by atoms with Crippen molar-refractivity contribution in [1.82, 2.24) is 10.2 Å². The first kappa shape index (κ1) is 25.3. The number of benzene rings is 1. The zero-order valence-corrected chi connectivity index (χ0v) is 20.3. The molecule has 1 aromatic carbocycles. The van der Waals surface area contributed by atoms with Gasteiger partial charge in [0.15, 0.2) is 0 Å². The number of rotatable bonds is 13. The van der Waals surface area contributed by atoms with Gasteiger partial charge in [-0.25, -0.2) is 0 Å². The summed E-state index contributed by atoms with van der Waals surface area (Å²) < 4.78 is 5.99. The highest BCUT2D eigenvalue weighted by Crippen LogP contribution is 2.30. The Balaban J connectivity index is 1.30. The second-order valence-corrected chi connectivity index (χ2v) is 9.22. The van der Waals surface area contributed by atoms with Gasteiger partial charge in [0.05, 0.1) is 6.10 Å². The average molecular weight is 453 g/mol. The molecule has 1 atom stereocenters. The van der Waals surface area contributed by atoms with E-state index in [1.807, 2.05) is 29.2 Å². The van der Waals surface area contributed by atoms with Gasteiger partial charge in [-0.3, -0.25) is 9.69 Å². The summed E-state index contributed by atoms with van der Waals surface area (Å²) in [5.41, 5.74) is 5.89. The van der Waals surface area contributed by atoms with Gasteiger partial charge in [-0.1, -0.05) is 61.9 Å². The normalized spacial score (nSPS) is 18.2. The molecule has 1 saturated heterocycles. The van der Waals surface area contributed by atoms with Crippen LogP contribution >= 0.6 is 0 Å². The zero-order valence-electron chi connectivity index (χ0n) is 20.3. The molecule has 0 radical (unpaired) electrons. The fourth-order valence-corrected chi connectivity index (χ4v) is 4.64. The lowest BCUT2D eigenvalue weighted by Gasteiger charge is -2.42. The number of ether oxygens (including phenoxy) is 1. The highest BCUT2D eigenvalue weighted by Gasteiger charge is 2.38. The molecule has 0 aromatic heterocycles. The van der Waals surface area contributed by atoms with E-state index in [4.69, 9.17) is 4.74 Å². The number of hydrogen-bond donors (Lipinski definition) is 2. The largest absolute Gasteiger partial charge is 0.480 e. The molecule has 1 fully saturated rings. The van der Waals surface area contributed by atoms with Crippen LogP contribution in [0.15, 0.2) is 59.8 Å². The second kappa shape index (κ2) is 12.8. The van der Waals surface area contributed by atoms with E-state index in [1.54, 1.807) is 0 Å². The molecule has 33 heavy (non-hydrogen) atoms. The van der Waals surface area contributed by atoms with Gasteiger partial charge >= 0.3 is 5.97 Å². The van der Waals surface area contributed by atoms with Crippen LogP contribution in [0.4, 0.5) is 0 Å². The number of aliphatic carboxylic acids is 1. The molecule has 5 nitrogen and oxygen atoms in total. The van der Waals surface area contributed by atoms with Crippen molar-refractivity contribution in [3.05, 3.63) is 71.0 Å². The molecule has 0 amide bonds. The quantitative estimate of drug-likeness (QED) is 0.310. The van der Waals surface area contributed by atoms with Gasteiger partial charge in [0.2, 0.25) is 0 Å². The molecule has 2 aliphatic heterocycles. The lowest BCUT2D eigenvalue weighted by Crippen LogP contribution is -2.55. The molecule has 0 bridgehead atoms. The van der Waals surface area contributed by atoms with E-state index >= 15 is 0 Å². The Labute approximate surface area is 199 Å². The molecule has 0 saturated carbocycles. The number of carboxylic acid groups (broad SMARTS) is 1. The highest BCUT2D eigenvalue weighted by atomic mass is 16.5. The third kappa shape index (κ3) is 7.31. The third-order valence-electron chi connectivity index (χ3n) is 6.72. The van der Waals surface area contributed by atoms with Gasteiger partial charge in [0.1, 0.15) is 6.04 Å². The molecule has 180 valence electrons. The van der Waals surface area contributed by atoms with Gasteiger partial charge in [-0.15, -0.1) is 0 Å². The Bertz CT molecular complexity index is 868. The zero-order chi connectivity index (χ0) is 23.6. The van der Waals surface area contributed by atoms with E-state index in [2.05, 4.69) is 37.9 Å². The number of carboxylic acids is 1.